The summed E-state index contributed by atoms with van der Waals surface area (Å²) in [6.07, 6.45) is 0. The third-order valence-electron chi connectivity index (χ3n) is 2.12. The summed E-state index contributed by atoms with van der Waals surface area (Å²) >= 11 is 0. The predicted molar refractivity (Wildman–Crippen MR) is 80.7 cm³/mol. The number of nitrogens with zero attached hydrogens (tertiary/aromatic N) is 3. The molecule has 0 heterocycles. The molecular weight excluding hydrogens is 258 g/mol. The molecule has 0 aliphatic rings. The van der Waals surface area contributed by atoms with Gasteiger partial charge in [-0.15, -0.1) is 0 Å². The Morgan fingerprint density at radius 3 is 2.50 bits per heavy atom. The van der Waals surface area contributed by atoms with Gasteiger partial charge in [-0.2, -0.15) is 4.99 Å². The zero-order valence-corrected chi connectivity index (χ0v) is 11.5. The maximum atomic E-state index is 11.7. The summed E-state index contributed by atoms with van der Waals surface area (Å²) < 4.78 is 0. The average Bonchev–Trinajstić information content (AvgIpc) is 2.29. The fourth-order valence-corrected chi connectivity index (χ4v) is 1.43. The van der Waals surface area contributed by atoms with Crippen LogP contribution in [0.25, 0.3) is 0 Å². The number of benzene rings is 1. The maximum Gasteiger partial charge on any atom is 0.238 e. The van der Waals surface area contributed by atoms with Gasteiger partial charge in [0.25, 0.3) is 0 Å². The van der Waals surface area contributed by atoms with Crippen LogP contribution in [0.3, 0.4) is 0 Å². The van der Waals surface area contributed by atoms with Crippen LogP contribution in [0.2, 0.25) is 0 Å². The number of para-hydroxylation sites is 2. The number of rotatable bonds is 4. The Balaban J connectivity index is 2.94. The number of likely N-dealkylation sites (N-methyl/N-ethyl adjacent to an activating group) is 1. The van der Waals surface area contributed by atoms with E-state index in [2.05, 4.69) is 15.3 Å². The SMILES string of the molecule is CN(C)CC(=O)Nc1ccccc1N=C(N)N=C(N)N. The Kier molecular flexibility index (Phi) is 5.48. The van der Waals surface area contributed by atoms with Crippen LogP contribution in [-0.4, -0.2) is 43.4 Å². The van der Waals surface area contributed by atoms with Crippen molar-refractivity contribution in [3.05, 3.63) is 24.3 Å². The summed E-state index contributed by atoms with van der Waals surface area (Å²) in [6, 6.07) is 6.96. The quantitative estimate of drug-likeness (QED) is 0.431. The van der Waals surface area contributed by atoms with Crippen LogP contribution in [0.1, 0.15) is 0 Å². The fourth-order valence-electron chi connectivity index (χ4n) is 1.43. The number of hydrogen-bond acceptors (Lipinski definition) is 3. The zero-order valence-electron chi connectivity index (χ0n) is 11.5. The van der Waals surface area contributed by atoms with Crippen molar-refractivity contribution in [1.82, 2.24) is 4.90 Å². The largest absolute Gasteiger partial charge is 0.370 e. The van der Waals surface area contributed by atoms with Crippen molar-refractivity contribution in [1.29, 1.82) is 0 Å². The molecule has 8 nitrogen and oxygen atoms in total. The minimum Gasteiger partial charge on any atom is -0.370 e. The summed E-state index contributed by atoms with van der Waals surface area (Å²) in [5.41, 5.74) is 17.0. The molecular formula is C12H19N7O. The van der Waals surface area contributed by atoms with E-state index < -0.39 is 0 Å². The number of nitrogens with one attached hydrogen (secondary N) is 1. The minimum absolute atomic E-state index is 0.0840. The minimum atomic E-state index is -0.180. The first-order valence-corrected chi connectivity index (χ1v) is 5.86. The molecule has 0 saturated heterocycles. The Hall–Kier alpha value is -2.61. The highest BCUT2D eigenvalue weighted by molar-refractivity contribution is 5.97. The molecule has 1 rings (SSSR count). The smallest absolute Gasteiger partial charge is 0.238 e. The molecule has 0 bridgehead atoms. The van der Waals surface area contributed by atoms with E-state index in [1.807, 2.05) is 0 Å². The van der Waals surface area contributed by atoms with Crippen molar-refractivity contribution >= 4 is 29.2 Å². The lowest BCUT2D eigenvalue weighted by atomic mass is 10.2. The van der Waals surface area contributed by atoms with Gasteiger partial charge in [0.1, 0.15) is 0 Å². The van der Waals surface area contributed by atoms with Crippen LogP contribution in [0, 0.1) is 0 Å². The second-order valence-electron chi connectivity index (χ2n) is 4.31. The van der Waals surface area contributed by atoms with Crippen LogP contribution in [0.4, 0.5) is 11.4 Å². The van der Waals surface area contributed by atoms with Gasteiger partial charge in [0.15, 0.2) is 5.96 Å². The molecule has 0 aliphatic carbocycles. The van der Waals surface area contributed by atoms with Crippen molar-refractivity contribution in [3.63, 3.8) is 0 Å². The number of guanidine groups is 2. The molecule has 0 aliphatic heterocycles. The Bertz CT molecular complexity index is 532. The van der Waals surface area contributed by atoms with E-state index in [0.717, 1.165) is 0 Å². The van der Waals surface area contributed by atoms with E-state index in [1.54, 1.807) is 43.3 Å². The van der Waals surface area contributed by atoms with Crippen molar-refractivity contribution in [3.8, 4) is 0 Å². The van der Waals surface area contributed by atoms with Crippen LogP contribution in [0.5, 0.6) is 0 Å². The summed E-state index contributed by atoms with van der Waals surface area (Å²) in [5.74, 6) is -0.419. The van der Waals surface area contributed by atoms with Gasteiger partial charge in [0.2, 0.25) is 11.9 Å². The zero-order chi connectivity index (χ0) is 15.1. The molecule has 0 spiro atoms. The first-order chi connectivity index (χ1) is 9.38. The molecule has 20 heavy (non-hydrogen) atoms. The van der Waals surface area contributed by atoms with E-state index in [0.29, 0.717) is 11.4 Å². The Morgan fingerprint density at radius 1 is 1.25 bits per heavy atom. The molecule has 1 aromatic carbocycles. The fraction of sp³-hybridized carbons (Fsp3) is 0.250. The highest BCUT2D eigenvalue weighted by atomic mass is 16.2. The topological polar surface area (TPSA) is 135 Å². The first-order valence-electron chi connectivity index (χ1n) is 5.86. The lowest BCUT2D eigenvalue weighted by molar-refractivity contribution is -0.116. The highest BCUT2D eigenvalue weighted by Crippen LogP contribution is 2.24. The van der Waals surface area contributed by atoms with Gasteiger partial charge in [-0.05, 0) is 26.2 Å². The lowest BCUT2D eigenvalue weighted by Gasteiger charge is -2.11. The molecule has 0 radical (unpaired) electrons. The van der Waals surface area contributed by atoms with Crippen LogP contribution in [-0.2, 0) is 4.79 Å². The highest BCUT2D eigenvalue weighted by Gasteiger charge is 2.07. The number of hydrogen-bond donors (Lipinski definition) is 4. The first kappa shape index (κ1) is 15.4. The summed E-state index contributed by atoms with van der Waals surface area (Å²) in [5, 5.41) is 2.75. The van der Waals surface area contributed by atoms with Gasteiger partial charge in [-0.25, -0.2) is 4.99 Å². The molecule has 0 atom stereocenters. The summed E-state index contributed by atoms with van der Waals surface area (Å²) in [6.45, 7) is 0.265. The van der Waals surface area contributed by atoms with Gasteiger partial charge in [-0.1, -0.05) is 12.1 Å². The number of aliphatic imine (C=N–C) groups is 2. The monoisotopic (exact) mass is 277 g/mol. The molecule has 7 N–H and O–H groups in total. The van der Waals surface area contributed by atoms with E-state index in [4.69, 9.17) is 17.2 Å². The van der Waals surface area contributed by atoms with Gasteiger partial charge >= 0.3 is 0 Å². The standard InChI is InChI=1S/C12H19N7O/c1-19(2)7-10(20)16-8-5-3-4-6-9(8)17-12(15)18-11(13)14/h3-6H,7H2,1-2H3,(H,16,20)(H6,13,14,15,17,18). The molecule has 0 unspecified atom stereocenters. The molecule has 1 aromatic rings. The van der Waals surface area contributed by atoms with Crippen LogP contribution >= 0.6 is 0 Å². The van der Waals surface area contributed by atoms with Crippen LogP contribution in [0.15, 0.2) is 34.3 Å². The van der Waals surface area contributed by atoms with E-state index in [9.17, 15) is 4.79 Å². The van der Waals surface area contributed by atoms with Crippen molar-refractivity contribution in [2.45, 2.75) is 0 Å². The second-order valence-corrected chi connectivity index (χ2v) is 4.31. The van der Waals surface area contributed by atoms with E-state index >= 15 is 0 Å². The van der Waals surface area contributed by atoms with Crippen molar-refractivity contribution in [2.75, 3.05) is 26.0 Å². The molecule has 0 fully saturated rings. The third kappa shape index (κ3) is 5.36. The predicted octanol–water partition coefficient (Wildman–Crippen LogP) is -0.594. The normalized spacial score (nSPS) is 11.2. The Labute approximate surface area is 117 Å². The molecule has 8 heteroatoms. The lowest BCUT2D eigenvalue weighted by Crippen LogP contribution is -2.27. The van der Waals surface area contributed by atoms with Gasteiger partial charge in [0, 0.05) is 0 Å². The number of nitrogens with two attached hydrogens (primary N) is 3. The maximum absolute atomic E-state index is 11.7. The third-order valence-corrected chi connectivity index (χ3v) is 2.12. The number of carbonyl (C=O) groups is 1. The van der Waals surface area contributed by atoms with Gasteiger partial charge < -0.3 is 27.4 Å². The van der Waals surface area contributed by atoms with Gasteiger partial charge in [-0.3, -0.25) is 4.79 Å². The van der Waals surface area contributed by atoms with E-state index in [-0.39, 0.29) is 24.4 Å². The number of amides is 1. The number of anilines is 1. The van der Waals surface area contributed by atoms with Gasteiger partial charge in [0.05, 0.1) is 17.9 Å². The summed E-state index contributed by atoms with van der Waals surface area (Å²) in [7, 11) is 3.61. The molecule has 108 valence electrons. The average molecular weight is 277 g/mol. The molecule has 0 aromatic heterocycles. The second kappa shape index (κ2) is 7.10. The molecule has 1 amide bonds. The Morgan fingerprint density at radius 2 is 1.90 bits per heavy atom. The van der Waals surface area contributed by atoms with Crippen molar-refractivity contribution in [2.24, 2.45) is 27.2 Å². The van der Waals surface area contributed by atoms with Crippen molar-refractivity contribution < 1.29 is 4.79 Å². The van der Waals surface area contributed by atoms with E-state index in [1.165, 1.54) is 0 Å². The number of carbonyl (C=O) groups excluding carboxylic acids is 1. The molecule has 0 saturated carbocycles. The summed E-state index contributed by atoms with van der Waals surface area (Å²) in [4.78, 5) is 21.2. The van der Waals surface area contributed by atoms with Crippen LogP contribution < -0.4 is 22.5 Å².